The molecule has 21 heavy (non-hydrogen) atoms. The number of rotatable bonds is 6. The molecule has 0 aliphatic carbocycles. The molecule has 0 aliphatic rings. The van der Waals surface area contributed by atoms with Crippen molar-refractivity contribution in [2.45, 2.75) is 32.7 Å². The number of amides is 1. The Morgan fingerprint density at radius 3 is 2.57 bits per heavy atom. The largest absolute Gasteiger partial charge is 0.393 e. The zero-order valence-corrected chi connectivity index (χ0v) is 12.6. The minimum absolute atomic E-state index is 0.0281. The van der Waals surface area contributed by atoms with Crippen LogP contribution in [0.4, 0.5) is 11.4 Å². The van der Waals surface area contributed by atoms with E-state index in [4.69, 9.17) is 11.5 Å². The van der Waals surface area contributed by atoms with Crippen molar-refractivity contribution in [2.24, 2.45) is 11.7 Å². The van der Waals surface area contributed by atoms with Gasteiger partial charge < -0.3 is 16.8 Å². The maximum atomic E-state index is 12.3. The third-order valence-corrected chi connectivity index (χ3v) is 3.21. The van der Waals surface area contributed by atoms with Crippen molar-refractivity contribution in [1.82, 2.24) is 5.32 Å². The van der Waals surface area contributed by atoms with E-state index in [1.807, 2.05) is 20.8 Å². The number of anilines is 1. The summed E-state index contributed by atoms with van der Waals surface area (Å²) in [6, 6.07) is 4.00. The van der Waals surface area contributed by atoms with Crippen molar-refractivity contribution in [1.29, 1.82) is 0 Å². The summed E-state index contributed by atoms with van der Waals surface area (Å²) in [6.07, 6.45) is 0.715. The molecule has 0 saturated carbocycles. The molecule has 1 amide bonds. The Labute approximate surface area is 123 Å². The molecule has 0 aliphatic heterocycles. The highest BCUT2D eigenvalue weighted by Gasteiger charge is 2.27. The summed E-state index contributed by atoms with van der Waals surface area (Å²) in [7, 11) is 0. The van der Waals surface area contributed by atoms with E-state index in [-0.39, 0.29) is 23.5 Å². The maximum Gasteiger partial charge on any atom is 0.292 e. The second kappa shape index (κ2) is 6.53. The van der Waals surface area contributed by atoms with E-state index < -0.39 is 16.4 Å². The van der Waals surface area contributed by atoms with Gasteiger partial charge in [0.25, 0.3) is 11.6 Å². The predicted molar refractivity (Wildman–Crippen MR) is 81.9 cm³/mol. The van der Waals surface area contributed by atoms with Gasteiger partial charge in [-0.3, -0.25) is 14.9 Å². The minimum atomic E-state index is -0.609. The van der Waals surface area contributed by atoms with Crippen LogP contribution in [0.15, 0.2) is 18.2 Å². The van der Waals surface area contributed by atoms with Crippen LogP contribution in [0, 0.1) is 16.0 Å². The Morgan fingerprint density at radius 1 is 1.48 bits per heavy atom. The fraction of sp³-hybridized carbons (Fsp3) is 0.500. The Kier molecular flexibility index (Phi) is 5.26. The average molecular weight is 294 g/mol. The van der Waals surface area contributed by atoms with Crippen molar-refractivity contribution in [3.05, 3.63) is 33.9 Å². The summed E-state index contributed by atoms with van der Waals surface area (Å²) in [4.78, 5) is 22.5. The van der Waals surface area contributed by atoms with Gasteiger partial charge in [0.05, 0.1) is 4.92 Å². The number of nitro benzene ring substituents is 1. The van der Waals surface area contributed by atoms with Gasteiger partial charge >= 0.3 is 0 Å². The lowest BCUT2D eigenvalue weighted by atomic mass is 9.90. The second-order valence-electron chi connectivity index (χ2n) is 5.85. The van der Waals surface area contributed by atoms with Crippen LogP contribution in [0.2, 0.25) is 0 Å². The normalized spacial score (nSPS) is 13.8. The number of nitrogens with zero attached hydrogens (tertiary/aromatic N) is 1. The monoisotopic (exact) mass is 294 g/mol. The topological polar surface area (TPSA) is 124 Å². The number of carbonyl (C=O) groups excluding carboxylic acids is 1. The molecule has 0 aromatic heterocycles. The molecule has 0 heterocycles. The molecule has 0 bridgehead atoms. The van der Waals surface area contributed by atoms with Gasteiger partial charge in [-0.25, -0.2) is 0 Å². The van der Waals surface area contributed by atoms with Crippen molar-refractivity contribution in [2.75, 3.05) is 12.3 Å². The highest BCUT2D eigenvalue weighted by molar-refractivity contribution is 5.96. The van der Waals surface area contributed by atoms with Crippen LogP contribution in [-0.2, 0) is 0 Å². The fourth-order valence-electron chi connectivity index (χ4n) is 2.28. The number of nitrogens with one attached hydrogen (secondary N) is 1. The van der Waals surface area contributed by atoms with Crippen LogP contribution in [0.1, 0.15) is 37.6 Å². The zero-order chi connectivity index (χ0) is 16.2. The molecular weight excluding hydrogens is 272 g/mol. The van der Waals surface area contributed by atoms with Crippen molar-refractivity contribution < 1.29 is 9.72 Å². The minimum Gasteiger partial charge on any atom is -0.393 e. The first-order valence-electron chi connectivity index (χ1n) is 6.75. The van der Waals surface area contributed by atoms with Crippen LogP contribution in [0.5, 0.6) is 0 Å². The molecule has 7 heteroatoms. The van der Waals surface area contributed by atoms with E-state index in [0.29, 0.717) is 12.3 Å². The molecule has 0 saturated heterocycles. The molecular formula is C14H22N4O3. The Hall–Kier alpha value is -2.15. The SMILES string of the molecule is CC(C)CC(C)(CN)NC(=O)c1ccc(N)c([N+](=O)[O-])c1. The van der Waals surface area contributed by atoms with Crippen LogP contribution in [-0.4, -0.2) is 22.9 Å². The van der Waals surface area contributed by atoms with Crippen molar-refractivity contribution in [3.8, 4) is 0 Å². The quantitative estimate of drug-likeness (QED) is 0.418. The molecule has 1 aromatic carbocycles. The third-order valence-electron chi connectivity index (χ3n) is 3.21. The van der Waals surface area contributed by atoms with Crippen LogP contribution < -0.4 is 16.8 Å². The van der Waals surface area contributed by atoms with Crippen LogP contribution in [0.3, 0.4) is 0 Å². The van der Waals surface area contributed by atoms with E-state index >= 15 is 0 Å². The number of nitrogen functional groups attached to an aromatic ring is 1. The summed E-state index contributed by atoms with van der Waals surface area (Å²) in [6.45, 7) is 6.22. The molecule has 0 spiro atoms. The second-order valence-corrected chi connectivity index (χ2v) is 5.85. The first-order valence-corrected chi connectivity index (χ1v) is 6.75. The Morgan fingerprint density at radius 2 is 2.10 bits per heavy atom. The predicted octanol–water partition coefficient (Wildman–Crippen LogP) is 1.67. The summed E-state index contributed by atoms with van der Waals surface area (Å²) in [5, 5.41) is 13.7. The Bertz CT molecular complexity index is 545. The van der Waals surface area contributed by atoms with E-state index in [2.05, 4.69) is 5.32 Å². The third kappa shape index (κ3) is 4.42. The van der Waals surface area contributed by atoms with Gasteiger partial charge in [-0.05, 0) is 31.4 Å². The fourth-order valence-corrected chi connectivity index (χ4v) is 2.28. The zero-order valence-electron chi connectivity index (χ0n) is 12.6. The van der Waals surface area contributed by atoms with Gasteiger partial charge in [0.15, 0.2) is 0 Å². The highest BCUT2D eigenvalue weighted by Crippen LogP contribution is 2.23. The maximum absolute atomic E-state index is 12.3. The van der Waals surface area contributed by atoms with Gasteiger partial charge in [-0.1, -0.05) is 13.8 Å². The molecule has 5 N–H and O–H groups in total. The lowest BCUT2D eigenvalue weighted by Crippen LogP contribution is -2.52. The van der Waals surface area contributed by atoms with Crippen molar-refractivity contribution >= 4 is 17.3 Å². The first kappa shape index (κ1) is 16.9. The standard InChI is InChI=1S/C14H22N4O3/c1-9(2)7-14(3,8-15)17-13(19)10-4-5-11(16)12(6-10)18(20)21/h4-6,9H,7-8,15-16H2,1-3H3,(H,17,19). The molecule has 116 valence electrons. The van der Waals surface area contributed by atoms with Gasteiger partial charge in [-0.2, -0.15) is 0 Å². The highest BCUT2D eigenvalue weighted by atomic mass is 16.6. The molecule has 0 fully saturated rings. The first-order chi connectivity index (χ1) is 9.68. The summed E-state index contributed by atoms with van der Waals surface area (Å²) >= 11 is 0. The molecule has 0 radical (unpaired) electrons. The van der Waals surface area contributed by atoms with Gasteiger partial charge in [0, 0.05) is 23.7 Å². The molecule has 1 unspecified atom stereocenters. The van der Waals surface area contributed by atoms with Gasteiger partial charge in [-0.15, -0.1) is 0 Å². The number of carbonyl (C=O) groups is 1. The number of hydrogen-bond acceptors (Lipinski definition) is 5. The van der Waals surface area contributed by atoms with Gasteiger partial charge in [0.2, 0.25) is 0 Å². The summed E-state index contributed by atoms with van der Waals surface area (Å²) in [5.41, 5.74) is 10.6. The molecule has 1 aromatic rings. The Balaban J connectivity index is 2.98. The summed E-state index contributed by atoms with van der Waals surface area (Å²) < 4.78 is 0. The number of nitro groups is 1. The number of hydrogen-bond donors (Lipinski definition) is 3. The molecule has 1 rings (SSSR count). The number of nitrogens with two attached hydrogens (primary N) is 2. The van der Waals surface area contributed by atoms with E-state index in [0.717, 1.165) is 0 Å². The molecule has 7 nitrogen and oxygen atoms in total. The van der Waals surface area contributed by atoms with Crippen molar-refractivity contribution in [3.63, 3.8) is 0 Å². The summed E-state index contributed by atoms with van der Waals surface area (Å²) in [5.74, 6) is -0.0358. The van der Waals surface area contributed by atoms with Gasteiger partial charge in [0.1, 0.15) is 5.69 Å². The average Bonchev–Trinajstić information content (AvgIpc) is 2.37. The lowest BCUT2D eigenvalue weighted by Gasteiger charge is -2.31. The van der Waals surface area contributed by atoms with E-state index in [1.165, 1.54) is 18.2 Å². The van der Waals surface area contributed by atoms with Crippen LogP contribution in [0.25, 0.3) is 0 Å². The van der Waals surface area contributed by atoms with E-state index in [9.17, 15) is 14.9 Å². The van der Waals surface area contributed by atoms with Crippen LogP contribution >= 0.6 is 0 Å². The smallest absolute Gasteiger partial charge is 0.292 e. The number of benzene rings is 1. The van der Waals surface area contributed by atoms with E-state index in [1.54, 1.807) is 0 Å². The molecule has 1 atom stereocenters. The lowest BCUT2D eigenvalue weighted by molar-refractivity contribution is -0.383.